The van der Waals surface area contributed by atoms with Gasteiger partial charge in [0.05, 0.1) is 5.69 Å². The quantitative estimate of drug-likeness (QED) is 0.795. The van der Waals surface area contributed by atoms with Crippen molar-refractivity contribution in [2.24, 2.45) is 7.05 Å². The van der Waals surface area contributed by atoms with Gasteiger partial charge >= 0.3 is 0 Å². The second-order valence-corrected chi connectivity index (χ2v) is 4.11. The molecule has 0 bridgehead atoms. The molecule has 5 heteroatoms. The number of carbonyl (C=O) groups excluding carboxylic acids is 1. The van der Waals surface area contributed by atoms with Gasteiger partial charge in [0.2, 0.25) is 0 Å². The van der Waals surface area contributed by atoms with E-state index in [-0.39, 0.29) is 18.3 Å². The Balaban J connectivity index is 2.84. The summed E-state index contributed by atoms with van der Waals surface area (Å²) in [5.74, 6) is 0.0444. The molecule has 0 aromatic carbocycles. The van der Waals surface area contributed by atoms with E-state index in [4.69, 9.17) is 16.3 Å². The molecule has 1 heterocycles. The number of rotatable bonds is 5. The van der Waals surface area contributed by atoms with E-state index in [1.165, 1.54) is 0 Å². The molecule has 0 aliphatic carbocycles. The molecule has 0 amide bonds. The smallest absolute Gasteiger partial charge is 0.166 e. The third-order valence-electron chi connectivity index (χ3n) is 2.64. The molecule has 4 nitrogen and oxygen atoms in total. The minimum atomic E-state index is -0.351. The normalized spacial score (nSPS) is 12.8. The predicted octanol–water partition coefficient (Wildman–Crippen LogP) is 1.92. The average Bonchev–Trinajstić information content (AvgIpc) is 2.47. The third-order valence-corrected chi connectivity index (χ3v) is 3.11. The summed E-state index contributed by atoms with van der Waals surface area (Å²) in [5.41, 5.74) is 1.59. The van der Waals surface area contributed by atoms with Crippen LogP contribution in [0.25, 0.3) is 0 Å². The van der Waals surface area contributed by atoms with Gasteiger partial charge in [-0.25, -0.2) is 0 Å². The van der Waals surface area contributed by atoms with Gasteiger partial charge in [-0.05, 0) is 13.3 Å². The molecule has 0 saturated carbocycles. The Morgan fingerprint density at radius 1 is 1.62 bits per heavy atom. The molecular formula is C11H17ClN2O2. The molecule has 90 valence electrons. The number of ketones is 1. The molecule has 0 fully saturated rings. The minimum Gasteiger partial charge on any atom is -0.374 e. The van der Waals surface area contributed by atoms with Gasteiger partial charge in [0.25, 0.3) is 0 Å². The van der Waals surface area contributed by atoms with Crippen LogP contribution in [0.3, 0.4) is 0 Å². The molecule has 16 heavy (non-hydrogen) atoms. The molecule has 1 aromatic rings. The van der Waals surface area contributed by atoms with Crippen molar-refractivity contribution >= 4 is 17.4 Å². The van der Waals surface area contributed by atoms with Crippen LogP contribution in [0.1, 0.15) is 24.6 Å². The molecule has 1 unspecified atom stereocenters. The topological polar surface area (TPSA) is 44.1 Å². The van der Waals surface area contributed by atoms with E-state index in [1.807, 2.05) is 13.8 Å². The van der Waals surface area contributed by atoms with Crippen LogP contribution in [0.4, 0.5) is 0 Å². The van der Waals surface area contributed by atoms with Crippen molar-refractivity contribution in [1.29, 1.82) is 0 Å². The molecule has 0 aliphatic rings. The highest BCUT2D eigenvalue weighted by molar-refractivity contribution is 6.30. The summed E-state index contributed by atoms with van der Waals surface area (Å²) in [4.78, 5) is 11.9. The fourth-order valence-corrected chi connectivity index (χ4v) is 1.93. The van der Waals surface area contributed by atoms with E-state index in [0.717, 1.165) is 11.3 Å². The summed E-state index contributed by atoms with van der Waals surface area (Å²) in [6.45, 7) is 3.77. The summed E-state index contributed by atoms with van der Waals surface area (Å²) in [7, 11) is 3.31. The molecule has 0 saturated heterocycles. The first-order chi connectivity index (χ1) is 7.51. The lowest BCUT2D eigenvalue weighted by atomic mass is 10.0. The maximum absolute atomic E-state index is 11.9. The van der Waals surface area contributed by atoms with Gasteiger partial charge in [-0.3, -0.25) is 9.48 Å². The summed E-state index contributed by atoms with van der Waals surface area (Å²) in [6.07, 6.45) is 0.604. The van der Waals surface area contributed by atoms with Crippen LogP contribution in [0.5, 0.6) is 0 Å². The number of nitrogens with zero attached hydrogens (tertiary/aromatic N) is 2. The van der Waals surface area contributed by atoms with Crippen LogP contribution in [0.15, 0.2) is 0 Å². The zero-order valence-electron chi connectivity index (χ0n) is 10.1. The second-order valence-electron chi connectivity index (χ2n) is 3.75. The number of halogens is 1. The number of methoxy groups -OCH3 is 1. The zero-order valence-corrected chi connectivity index (χ0v) is 10.8. The van der Waals surface area contributed by atoms with Gasteiger partial charge in [-0.15, -0.1) is 0 Å². The molecule has 1 rings (SSSR count). The number of ether oxygens (including phenoxy) is 1. The van der Waals surface area contributed by atoms with Gasteiger partial charge in [0.1, 0.15) is 11.3 Å². The van der Waals surface area contributed by atoms with Gasteiger partial charge in [-0.2, -0.15) is 5.10 Å². The molecular weight excluding hydrogens is 228 g/mol. The number of aromatic nitrogens is 2. The lowest BCUT2D eigenvalue weighted by molar-refractivity contribution is -0.128. The Labute approximate surface area is 101 Å². The van der Waals surface area contributed by atoms with Crippen LogP contribution < -0.4 is 0 Å². The first kappa shape index (κ1) is 13.2. The Morgan fingerprint density at radius 2 is 2.25 bits per heavy atom. The molecule has 1 aromatic heterocycles. The first-order valence-electron chi connectivity index (χ1n) is 5.24. The van der Waals surface area contributed by atoms with Crippen LogP contribution >= 0.6 is 11.6 Å². The number of hydrogen-bond acceptors (Lipinski definition) is 3. The predicted molar refractivity (Wildman–Crippen MR) is 62.8 cm³/mol. The van der Waals surface area contributed by atoms with Gasteiger partial charge in [0, 0.05) is 26.1 Å². The van der Waals surface area contributed by atoms with Crippen molar-refractivity contribution in [3.63, 3.8) is 0 Å². The molecule has 1 atom stereocenters. The van der Waals surface area contributed by atoms with E-state index >= 15 is 0 Å². The highest BCUT2D eigenvalue weighted by Gasteiger charge is 2.20. The highest BCUT2D eigenvalue weighted by atomic mass is 35.5. The van der Waals surface area contributed by atoms with Gasteiger partial charge in [0.15, 0.2) is 5.78 Å². The van der Waals surface area contributed by atoms with E-state index in [2.05, 4.69) is 5.10 Å². The summed E-state index contributed by atoms with van der Waals surface area (Å²) in [5, 5.41) is 4.69. The summed E-state index contributed by atoms with van der Waals surface area (Å²) < 4.78 is 6.68. The fraction of sp³-hybridized carbons (Fsp3) is 0.636. The average molecular weight is 245 g/mol. The molecule has 0 aliphatic heterocycles. The minimum absolute atomic E-state index is 0.0444. The Morgan fingerprint density at radius 3 is 2.62 bits per heavy atom. The highest BCUT2D eigenvalue weighted by Crippen LogP contribution is 2.20. The Kier molecular flexibility index (Phi) is 4.50. The first-order valence-corrected chi connectivity index (χ1v) is 5.62. The maximum Gasteiger partial charge on any atom is 0.166 e. The molecule has 0 spiro atoms. The van der Waals surface area contributed by atoms with Crippen LogP contribution in [-0.4, -0.2) is 28.8 Å². The van der Waals surface area contributed by atoms with Crippen molar-refractivity contribution in [3.05, 3.63) is 16.4 Å². The second kappa shape index (κ2) is 5.46. The maximum atomic E-state index is 11.9. The van der Waals surface area contributed by atoms with Crippen molar-refractivity contribution in [3.8, 4) is 0 Å². The Bertz CT molecular complexity index is 384. The van der Waals surface area contributed by atoms with Crippen LogP contribution in [0.2, 0.25) is 5.15 Å². The standard InChI is InChI=1S/C11H17ClN2O2/c1-5-10(16-4)9(15)6-8-7(2)13-14(3)11(8)12/h10H,5-6H2,1-4H3. The number of carbonyl (C=O) groups is 1. The molecule has 0 radical (unpaired) electrons. The van der Waals surface area contributed by atoms with Crippen LogP contribution in [0, 0.1) is 6.92 Å². The third kappa shape index (κ3) is 2.62. The van der Waals surface area contributed by atoms with Crippen molar-refractivity contribution in [2.45, 2.75) is 32.8 Å². The SMILES string of the molecule is CCC(OC)C(=O)Cc1c(C)nn(C)c1Cl. The summed E-state index contributed by atoms with van der Waals surface area (Å²) >= 11 is 6.06. The van der Waals surface area contributed by atoms with E-state index in [1.54, 1.807) is 18.8 Å². The van der Waals surface area contributed by atoms with Crippen LogP contribution in [-0.2, 0) is 23.0 Å². The number of aryl methyl sites for hydroxylation is 2. The zero-order chi connectivity index (χ0) is 12.3. The fourth-order valence-electron chi connectivity index (χ4n) is 1.69. The number of hydrogen-bond donors (Lipinski definition) is 0. The van der Waals surface area contributed by atoms with Gasteiger partial charge in [-0.1, -0.05) is 18.5 Å². The van der Waals surface area contributed by atoms with Crippen molar-refractivity contribution in [1.82, 2.24) is 9.78 Å². The lowest BCUT2D eigenvalue weighted by Crippen LogP contribution is -2.24. The largest absolute Gasteiger partial charge is 0.374 e. The molecule has 0 N–H and O–H groups in total. The monoisotopic (exact) mass is 244 g/mol. The number of Topliss-reactive ketones (excluding diaryl/α,β-unsaturated/α-hetero) is 1. The van der Waals surface area contributed by atoms with Gasteiger partial charge < -0.3 is 4.74 Å². The lowest BCUT2D eigenvalue weighted by Gasteiger charge is -2.11. The Hall–Kier alpha value is -0.870. The van der Waals surface area contributed by atoms with E-state index in [9.17, 15) is 4.79 Å². The van der Waals surface area contributed by atoms with Crippen molar-refractivity contribution < 1.29 is 9.53 Å². The summed E-state index contributed by atoms with van der Waals surface area (Å²) in [6, 6.07) is 0. The van der Waals surface area contributed by atoms with Crippen molar-refractivity contribution in [2.75, 3.05) is 7.11 Å². The van der Waals surface area contributed by atoms with E-state index < -0.39 is 0 Å². The van der Waals surface area contributed by atoms with E-state index in [0.29, 0.717) is 11.6 Å².